The molecule has 94 valence electrons. The molecule has 0 amide bonds. The standard InChI is InChI=1S/C14H13N5/c1-2-14(19-16-8-1)15-10-11-3-5-12(6-4-11)13-7-9-17-18-13/h1-9H,10H2,(H,15,19)(H,17,18). The Kier molecular flexibility index (Phi) is 3.18. The number of H-pyrrole nitrogens is 1. The maximum absolute atomic E-state index is 3.98. The Morgan fingerprint density at radius 3 is 2.58 bits per heavy atom. The molecule has 2 aromatic heterocycles. The van der Waals surface area contributed by atoms with Crippen molar-refractivity contribution >= 4 is 5.82 Å². The van der Waals surface area contributed by atoms with Gasteiger partial charge in [0.25, 0.3) is 0 Å². The van der Waals surface area contributed by atoms with Gasteiger partial charge in [-0.15, -0.1) is 5.10 Å². The number of hydrogen-bond donors (Lipinski definition) is 2. The third kappa shape index (κ3) is 2.77. The van der Waals surface area contributed by atoms with Crippen LogP contribution in [0.15, 0.2) is 54.9 Å². The van der Waals surface area contributed by atoms with Gasteiger partial charge < -0.3 is 5.32 Å². The van der Waals surface area contributed by atoms with Gasteiger partial charge in [-0.3, -0.25) is 5.10 Å². The minimum atomic E-state index is 0.724. The van der Waals surface area contributed by atoms with E-state index >= 15 is 0 Å². The van der Waals surface area contributed by atoms with Crippen molar-refractivity contribution in [2.75, 3.05) is 5.32 Å². The van der Waals surface area contributed by atoms with Gasteiger partial charge in [-0.2, -0.15) is 10.2 Å². The van der Waals surface area contributed by atoms with Crippen molar-refractivity contribution in [3.63, 3.8) is 0 Å². The van der Waals surface area contributed by atoms with Gasteiger partial charge in [-0.1, -0.05) is 24.3 Å². The first-order valence-electron chi connectivity index (χ1n) is 6.02. The van der Waals surface area contributed by atoms with Gasteiger partial charge in [0.2, 0.25) is 0 Å². The van der Waals surface area contributed by atoms with Crippen molar-refractivity contribution in [2.45, 2.75) is 6.54 Å². The average molecular weight is 251 g/mol. The predicted molar refractivity (Wildman–Crippen MR) is 73.4 cm³/mol. The van der Waals surface area contributed by atoms with E-state index in [2.05, 4.69) is 50.0 Å². The van der Waals surface area contributed by atoms with Gasteiger partial charge in [0, 0.05) is 18.9 Å². The summed E-state index contributed by atoms with van der Waals surface area (Å²) in [6.07, 6.45) is 3.41. The van der Waals surface area contributed by atoms with E-state index in [9.17, 15) is 0 Å². The van der Waals surface area contributed by atoms with Crippen molar-refractivity contribution < 1.29 is 0 Å². The van der Waals surface area contributed by atoms with Gasteiger partial charge in [0.05, 0.1) is 5.69 Å². The lowest BCUT2D eigenvalue weighted by atomic mass is 10.1. The first-order chi connectivity index (χ1) is 9.42. The van der Waals surface area contributed by atoms with Crippen molar-refractivity contribution in [1.29, 1.82) is 0 Å². The molecule has 0 saturated heterocycles. The van der Waals surface area contributed by atoms with Gasteiger partial charge in [-0.05, 0) is 29.3 Å². The number of nitrogens with one attached hydrogen (secondary N) is 2. The summed E-state index contributed by atoms with van der Waals surface area (Å²) >= 11 is 0. The molecule has 0 aliphatic heterocycles. The molecule has 0 spiro atoms. The van der Waals surface area contributed by atoms with Crippen LogP contribution in [0.3, 0.4) is 0 Å². The second kappa shape index (κ2) is 5.30. The average Bonchev–Trinajstić information content (AvgIpc) is 3.01. The summed E-state index contributed by atoms with van der Waals surface area (Å²) in [6, 6.07) is 14.0. The van der Waals surface area contributed by atoms with Crippen LogP contribution in [-0.2, 0) is 6.54 Å². The maximum Gasteiger partial charge on any atom is 0.148 e. The predicted octanol–water partition coefficient (Wildman–Crippen LogP) is 2.48. The van der Waals surface area contributed by atoms with E-state index in [1.165, 1.54) is 5.56 Å². The highest BCUT2D eigenvalue weighted by molar-refractivity contribution is 5.58. The topological polar surface area (TPSA) is 66.5 Å². The maximum atomic E-state index is 3.98. The summed E-state index contributed by atoms with van der Waals surface area (Å²) < 4.78 is 0. The molecule has 5 heteroatoms. The van der Waals surface area contributed by atoms with Crippen LogP contribution in [0.25, 0.3) is 11.3 Å². The molecule has 0 atom stereocenters. The molecule has 0 unspecified atom stereocenters. The molecular weight excluding hydrogens is 238 g/mol. The summed E-state index contributed by atoms with van der Waals surface area (Å²) in [5, 5.41) is 17.9. The fourth-order valence-electron chi connectivity index (χ4n) is 1.81. The summed E-state index contributed by atoms with van der Waals surface area (Å²) in [5.74, 6) is 0.778. The van der Waals surface area contributed by atoms with Crippen LogP contribution in [-0.4, -0.2) is 20.4 Å². The zero-order valence-corrected chi connectivity index (χ0v) is 10.2. The van der Waals surface area contributed by atoms with Crippen molar-refractivity contribution in [1.82, 2.24) is 20.4 Å². The lowest BCUT2D eigenvalue weighted by molar-refractivity contribution is 1.000. The Morgan fingerprint density at radius 2 is 1.89 bits per heavy atom. The Labute approximate surface area is 110 Å². The molecule has 0 bridgehead atoms. The molecule has 1 aromatic carbocycles. The zero-order chi connectivity index (χ0) is 12.9. The molecule has 0 aliphatic carbocycles. The van der Waals surface area contributed by atoms with E-state index in [-0.39, 0.29) is 0 Å². The quantitative estimate of drug-likeness (QED) is 0.747. The SMILES string of the molecule is c1cnnc(NCc2ccc(-c3ccn[nH]3)cc2)c1. The lowest BCUT2D eigenvalue weighted by Gasteiger charge is -2.05. The Bertz CT molecular complexity index is 617. The van der Waals surface area contributed by atoms with E-state index in [1.807, 2.05) is 18.2 Å². The number of nitrogens with zero attached hydrogens (tertiary/aromatic N) is 3. The van der Waals surface area contributed by atoms with E-state index in [4.69, 9.17) is 0 Å². The van der Waals surface area contributed by atoms with Crippen LogP contribution in [0.5, 0.6) is 0 Å². The Balaban J connectivity index is 1.67. The lowest BCUT2D eigenvalue weighted by Crippen LogP contribution is -2.01. The Hall–Kier alpha value is -2.69. The molecule has 0 aliphatic rings. The van der Waals surface area contributed by atoms with E-state index in [1.54, 1.807) is 12.4 Å². The highest BCUT2D eigenvalue weighted by Crippen LogP contribution is 2.17. The normalized spacial score (nSPS) is 10.3. The number of aromatic nitrogens is 4. The molecular formula is C14H13N5. The molecule has 2 N–H and O–H groups in total. The highest BCUT2D eigenvalue weighted by Gasteiger charge is 1.99. The number of anilines is 1. The third-order valence-corrected chi connectivity index (χ3v) is 2.81. The van der Waals surface area contributed by atoms with E-state index < -0.39 is 0 Å². The number of aromatic amines is 1. The van der Waals surface area contributed by atoms with Gasteiger partial charge in [0.1, 0.15) is 5.82 Å². The molecule has 0 radical (unpaired) electrons. The molecule has 2 heterocycles. The third-order valence-electron chi connectivity index (χ3n) is 2.81. The van der Waals surface area contributed by atoms with Crippen LogP contribution < -0.4 is 5.32 Å². The van der Waals surface area contributed by atoms with Crippen molar-refractivity contribution in [2.24, 2.45) is 0 Å². The number of benzene rings is 1. The molecule has 0 saturated carbocycles. The monoisotopic (exact) mass is 251 g/mol. The first kappa shape index (κ1) is 11.4. The number of hydrogen-bond acceptors (Lipinski definition) is 4. The van der Waals surface area contributed by atoms with Crippen LogP contribution in [0.1, 0.15) is 5.56 Å². The molecule has 19 heavy (non-hydrogen) atoms. The molecule has 3 rings (SSSR count). The minimum absolute atomic E-state index is 0.724. The summed E-state index contributed by atoms with van der Waals surface area (Å²) in [4.78, 5) is 0. The van der Waals surface area contributed by atoms with Crippen molar-refractivity contribution in [3.8, 4) is 11.3 Å². The molecule has 5 nitrogen and oxygen atoms in total. The minimum Gasteiger partial charge on any atom is -0.365 e. The smallest absolute Gasteiger partial charge is 0.148 e. The van der Waals surface area contributed by atoms with Crippen LogP contribution in [0.4, 0.5) is 5.82 Å². The van der Waals surface area contributed by atoms with Crippen LogP contribution in [0.2, 0.25) is 0 Å². The van der Waals surface area contributed by atoms with E-state index in [0.29, 0.717) is 0 Å². The van der Waals surface area contributed by atoms with Gasteiger partial charge in [-0.25, -0.2) is 0 Å². The highest BCUT2D eigenvalue weighted by atomic mass is 15.2. The molecule has 0 fully saturated rings. The van der Waals surface area contributed by atoms with Gasteiger partial charge in [0.15, 0.2) is 0 Å². The van der Waals surface area contributed by atoms with Crippen LogP contribution in [0, 0.1) is 0 Å². The first-order valence-corrected chi connectivity index (χ1v) is 6.02. The summed E-state index contributed by atoms with van der Waals surface area (Å²) in [6.45, 7) is 0.724. The van der Waals surface area contributed by atoms with Crippen molar-refractivity contribution in [3.05, 3.63) is 60.4 Å². The largest absolute Gasteiger partial charge is 0.365 e. The second-order valence-corrected chi connectivity index (χ2v) is 4.13. The summed E-state index contributed by atoms with van der Waals surface area (Å²) in [7, 11) is 0. The second-order valence-electron chi connectivity index (χ2n) is 4.13. The Morgan fingerprint density at radius 1 is 1.00 bits per heavy atom. The summed E-state index contributed by atoms with van der Waals surface area (Å²) in [5.41, 5.74) is 3.34. The zero-order valence-electron chi connectivity index (χ0n) is 10.2. The fraction of sp³-hybridized carbons (Fsp3) is 0.0714. The molecule has 3 aromatic rings. The fourth-order valence-corrected chi connectivity index (χ4v) is 1.81. The van der Waals surface area contributed by atoms with E-state index in [0.717, 1.165) is 23.6 Å². The van der Waals surface area contributed by atoms with Crippen LogP contribution >= 0.6 is 0 Å². The number of rotatable bonds is 4. The van der Waals surface area contributed by atoms with Gasteiger partial charge >= 0.3 is 0 Å².